The second-order valence-electron chi connectivity index (χ2n) is 7.70. The van der Waals surface area contributed by atoms with Crippen molar-refractivity contribution in [3.8, 4) is 0 Å². The molecule has 1 heterocycles. The Kier molecular flexibility index (Phi) is 6.55. The summed E-state index contributed by atoms with van der Waals surface area (Å²) in [6.45, 7) is 6.05. The Hall–Kier alpha value is -2.14. The molecule has 5 heteroatoms. The van der Waals surface area contributed by atoms with Crippen molar-refractivity contribution in [2.75, 3.05) is 20.1 Å². The van der Waals surface area contributed by atoms with Crippen LogP contribution < -0.4 is 0 Å². The minimum absolute atomic E-state index is 0.00952. The molecule has 0 atom stereocenters. The third kappa shape index (κ3) is 4.82. The molecule has 1 saturated heterocycles. The molecule has 148 valence electrons. The Morgan fingerprint density at radius 2 is 1.71 bits per heavy atom. The van der Waals surface area contributed by atoms with Gasteiger partial charge in [-0.15, -0.1) is 0 Å². The fourth-order valence-electron chi connectivity index (χ4n) is 3.77. The zero-order valence-corrected chi connectivity index (χ0v) is 18.3. The lowest BCUT2D eigenvalue weighted by Gasteiger charge is -2.33. The summed E-state index contributed by atoms with van der Waals surface area (Å²) in [4.78, 5) is 29.2. The number of nitrogens with zero attached hydrogens (tertiary/aromatic N) is 2. The van der Waals surface area contributed by atoms with Crippen molar-refractivity contribution in [1.29, 1.82) is 0 Å². The zero-order chi connectivity index (χ0) is 20.3. The molecule has 2 amide bonds. The van der Waals surface area contributed by atoms with E-state index >= 15 is 0 Å². The van der Waals surface area contributed by atoms with E-state index in [9.17, 15) is 9.59 Å². The highest BCUT2D eigenvalue weighted by Gasteiger charge is 2.29. The van der Waals surface area contributed by atoms with Crippen molar-refractivity contribution in [3.63, 3.8) is 0 Å². The van der Waals surface area contributed by atoms with Crippen molar-refractivity contribution in [2.45, 2.75) is 33.2 Å². The number of carbonyl (C=O) groups excluding carboxylic acids is 2. The first-order valence-electron chi connectivity index (χ1n) is 9.71. The lowest BCUT2D eigenvalue weighted by Crippen LogP contribution is -2.43. The summed E-state index contributed by atoms with van der Waals surface area (Å²) in [5.74, 6) is 0.211. The fraction of sp³-hybridized carbons (Fsp3) is 0.391. The minimum atomic E-state index is -0.00952. The summed E-state index contributed by atoms with van der Waals surface area (Å²) in [5.41, 5.74) is 4.33. The molecule has 1 aliphatic heterocycles. The summed E-state index contributed by atoms with van der Waals surface area (Å²) < 4.78 is 0.959. The monoisotopic (exact) mass is 442 g/mol. The number of amides is 2. The van der Waals surface area contributed by atoms with E-state index in [1.807, 2.05) is 41.1 Å². The molecule has 28 heavy (non-hydrogen) atoms. The number of hydrogen-bond acceptors (Lipinski definition) is 2. The van der Waals surface area contributed by atoms with E-state index in [0.717, 1.165) is 17.3 Å². The Bertz CT molecular complexity index is 855. The number of piperidine rings is 1. The molecule has 0 aromatic heterocycles. The van der Waals surface area contributed by atoms with E-state index in [4.69, 9.17) is 0 Å². The summed E-state index contributed by atoms with van der Waals surface area (Å²) in [6, 6.07) is 13.8. The zero-order valence-electron chi connectivity index (χ0n) is 16.7. The highest BCUT2D eigenvalue weighted by Crippen LogP contribution is 2.23. The van der Waals surface area contributed by atoms with E-state index in [1.165, 1.54) is 16.7 Å². The third-order valence-electron chi connectivity index (χ3n) is 5.50. The van der Waals surface area contributed by atoms with Crippen molar-refractivity contribution in [3.05, 3.63) is 69.2 Å². The van der Waals surface area contributed by atoms with Gasteiger partial charge in [-0.05, 0) is 62.1 Å². The van der Waals surface area contributed by atoms with Crippen LogP contribution in [0.25, 0.3) is 0 Å². The van der Waals surface area contributed by atoms with Crippen LogP contribution in [-0.4, -0.2) is 41.8 Å². The molecule has 0 bridgehead atoms. The first-order valence-corrected chi connectivity index (χ1v) is 10.5. The fourth-order valence-corrected chi connectivity index (χ4v) is 4.04. The molecule has 1 fully saturated rings. The smallest absolute Gasteiger partial charge is 0.253 e. The molecule has 4 nitrogen and oxygen atoms in total. The molecule has 3 rings (SSSR count). The highest BCUT2D eigenvalue weighted by atomic mass is 79.9. The topological polar surface area (TPSA) is 40.6 Å². The first-order chi connectivity index (χ1) is 13.3. The standard InChI is InChI=1S/C23H27BrN2O2/c1-16-4-5-20(17(2)14-16)15-25(3)22(27)19-10-12-26(13-11-19)23(28)18-6-8-21(24)9-7-18/h4-9,14,19H,10-13,15H2,1-3H3. The number of rotatable bonds is 4. The molecule has 0 spiro atoms. The van der Waals surface area contributed by atoms with Crippen LogP contribution in [0.1, 0.15) is 39.9 Å². The average molecular weight is 443 g/mol. The maximum absolute atomic E-state index is 12.9. The number of aryl methyl sites for hydroxylation is 2. The van der Waals surface area contributed by atoms with Crippen LogP contribution in [0.4, 0.5) is 0 Å². The van der Waals surface area contributed by atoms with Gasteiger partial charge in [-0.2, -0.15) is 0 Å². The van der Waals surface area contributed by atoms with E-state index in [1.54, 1.807) is 0 Å². The van der Waals surface area contributed by atoms with Crippen LogP contribution >= 0.6 is 15.9 Å². The van der Waals surface area contributed by atoms with Gasteiger partial charge >= 0.3 is 0 Å². The van der Waals surface area contributed by atoms with Crippen molar-refractivity contribution < 1.29 is 9.59 Å². The van der Waals surface area contributed by atoms with Crippen molar-refractivity contribution in [2.24, 2.45) is 5.92 Å². The predicted molar refractivity (Wildman–Crippen MR) is 115 cm³/mol. The summed E-state index contributed by atoms with van der Waals surface area (Å²) in [7, 11) is 1.88. The number of halogens is 1. The van der Waals surface area contributed by atoms with Crippen LogP contribution in [0, 0.1) is 19.8 Å². The third-order valence-corrected chi connectivity index (χ3v) is 6.03. The molecule has 2 aromatic rings. The maximum Gasteiger partial charge on any atom is 0.253 e. The molecule has 0 saturated carbocycles. The Balaban J connectivity index is 1.55. The van der Waals surface area contributed by atoms with Gasteiger partial charge in [-0.1, -0.05) is 39.7 Å². The molecule has 0 radical (unpaired) electrons. The number of benzene rings is 2. The van der Waals surface area contributed by atoms with Crippen LogP contribution in [0.2, 0.25) is 0 Å². The number of carbonyl (C=O) groups is 2. The van der Waals surface area contributed by atoms with Crippen LogP contribution in [0.3, 0.4) is 0 Å². The van der Waals surface area contributed by atoms with Gasteiger partial charge in [0.05, 0.1) is 0 Å². The maximum atomic E-state index is 12.9. The number of hydrogen-bond donors (Lipinski definition) is 0. The van der Waals surface area contributed by atoms with Crippen LogP contribution in [0.5, 0.6) is 0 Å². The van der Waals surface area contributed by atoms with Crippen LogP contribution in [0.15, 0.2) is 46.9 Å². The second kappa shape index (κ2) is 8.91. The first kappa shape index (κ1) is 20.6. The molecule has 0 unspecified atom stereocenters. The van der Waals surface area contributed by atoms with Gasteiger partial charge in [0.1, 0.15) is 0 Å². The molecule has 2 aromatic carbocycles. The molecular formula is C23H27BrN2O2. The SMILES string of the molecule is Cc1ccc(CN(C)C(=O)C2CCN(C(=O)c3ccc(Br)cc3)CC2)c(C)c1. The largest absolute Gasteiger partial charge is 0.341 e. The average Bonchev–Trinajstić information content (AvgIpc) is 2.69. The number of likely N-dealkylation sites (tertiary alicyclic amines) is 1. The van der Waals surface area contributed by atoms with Gasteiger partial charge in [-0.25, -0.2) is 0 Å². The molecule has 1 aliphatic rings. The quantitative estimate of drug-likeness (QED) is 0.695. The van der Waals surface area contributed by atoms with Crippen LogP contribution in [-0.2, 0) is 11.3 Å². The van der Waals surface area contributed by atoms with Gasteiger partial charge in [0, 0.05) is 42.6 Å². The van der Waals surface area contributed by atoms with Gasteiger partial charge < -0.3 is 9.80 Å². The summed E-state index contributed by atoms with van der Waals surface area (Å²) in [5, 5.41) is 0. The Morgan fingerprint density at radius 1 is 1.07 bits per heavy atom. The minimum Gasteiger partial charge on any atom is -0.341 e. The molecule has 0 N–H and O–H groups in total. The van der Waals surface area contributed by atoms with Gasteiger partial charge in [0.15, 0.2) is 0 Å². The predicted octanol–water partition coefficient (Wildman–Crippen LogP) is 4.58. The highest BCUT2D eigenvalue weighted by molar-refractivity contribution is 9.10. The van der Waals surface area contributed by atoms with Crippen molar-refractivity contribution >= 4 is 27.7 Å². The Morgan fingerprint density at radius 3 is 2.32 bits per heavy atom. The van der Waals surface area contributed by atoms with E-state index in [0.29, 0.717) is 25.2 Å². The van der Waals surface area contributed by atoms with E-state index in [-0.39, 0.29) is 17.7 Å². The van der Waals surface area contributed by atoms with Crippen molar-refractivity contribution in [1.82, 2.24) is 9.80 Å². The van der Waals surface area contributed by atoms with Gasteiger partial charge in [0.25, 0.3) is 5.91 Å². The summed E-state index contributed by atoms with van der Waals surface area (Å²) >= 11 is 3.39. The lowest BCUT2D eigenvalue weighted by atomic mass is 9.94. The van der Waals surface area contributed by atoms with E-state index in [2.05, 4.69) is 48.0 Å². The Labute approximate surface area is 175 Å². The normalized spacial score (nSPS) is 14.8. The lowest BCUT2D eigenvalue weighted by molar-refractivity contribution is -0.136. The van der Waals surface area contributed by atoms with Gasteiger partial charge in [0.2, 0.25) is 5.91 Å². The van der Waals surface area contributed by atoms with Gasteiger partial charge in [-0.3, -0.25) is 9.59 Å². The second-order valence-corrected chi connectivity index (χ2v) is 8.61. The summed E-state index contributed by atoms with van der Waals surface area (Å²) in [6.07, 6.45) is 1.44. The molecule has 0 aliphatic carbocycles. The van der Waals surface area contributed by atoms with E-state index < -0.39 is 0 Å². The molecular weight excluding hydrogens is 416 g/mol.